The Morgan fingerprint density at radius 3 is 2.86 bits per heavy atom. The largest absolute Gasteiger partial charge is 0.393 e. The van der Waals surface area contributed by atoms with Gasteiger partial charge in [0.15, 0.2) is 0 Å². The highest BCUT2D eigenvalue weighted by atomic mass is 32.1. The molecule has 2 aromatic rings. The maximum Gasteiger partial charge on any atom is 0.226 e. The van der Waals surface area contributed by atoms with E-state index in [4.69, 9.17) is 4.98 Å². The minimum absolute atomic E-state index is 0.212. The van der Waals surface area contributed by atoms with Gasteiger partial charge in [0, 0.05) is 19.6 Å². The molecule has 0 aliphatic carbocycles. The standard InChI is InChI=1S/C15H22N4OS/c1-3-16-15-17-13(12-6-9-21-14(12)18-15)19-7-4-11(5-8-19)10(2)20/h6,9-11,20H,3-5,7-8H2,1-2H3,(H,16,17,18). The van der Waals surface area contributed by atoms with E-state index in [1.54, 1.807) is 11.3 Å². The Morgan fingerprint density at radius 2 is 2.19 bits per heavy atom. The summed E-state index contributed by atoms with van der Waals surface area (Å²) in [5.41, 5.74) is 0. The summed E-state index contributed by atoms with van der Waals surface area (Å²) in [6.07, 6.45) is 1.82. The normalized spacial score (nSPS) is 18.1. The van der Waals surface area contributed by atoms with Gasteiger partial charge >= 0.3 is 0 Å². The third kappa shape index (κ3) is 2.96. The molecule has 21 heavy (non-hydrogen) atoms. The van der Waals surface area contributed by atoms with E-state index in [0.717, 1.165) is 48.5 Å². The number of thiophene rings is 1. The summed E-state index contributed by atoms with van der Waals surface area (Å²) in [6.45, 7) is 6.66. The van der Waals surface area contributed by atoms with Crippen molar-refractivity contribution < 1.29 is 5.11 Å². The zero-order valence-electron chi connectivity index (χ0n) is 12.5. The van der Waals surface area contributed by atoms with Crippen molar-refractivity contribution in [3.63, 3.8) is 0 Å². The lowest BCUT2D eigenvalue weighted by Crippen LogP contribution is -2.37. The number of rotatable bonds is 4. The first kappa shape index (κ1) is 14.5. The second-order valence-electron chi connectivity index (χ2n) is 5.61. The van der Waals surface area contributed by atoms with Crippen LogP contribution in [-0.2, 0) is 0 Å². The SMILES string of the molecule is CCNc1nc(N2CCC(C(C)O)CC2)c2ccsc2n1. The molecule has 2 aromatic heterocycles. The maximum absolute atomic E-state index is 9.73. The molecule has 1 aliphatic heterocycles. The van der Waals surface area contributed by atoms with Crippen molar-refractivity contribution in [2.45, 2.75) is 32.8 Å². The molecule has 0 bridgehead atoms. The summed E-state index contributed by atoms with van der Waals surface area (Å²) in [4.78, 5) is 12.6. The smallest absolute Gasteiger partial charge is 0.226 e. The Balaban J connectivity index is 1.87. The molecule has 0 aromatic carbocycles. The number of aromatic nitrogens is 2. The van der Waals surface area contributed by atoms with Gasteiger partial charge in [-0.05, 0) is 44.1 Å². The monoisotopic (exact) mass is 306 g/mol. The first-order valence-corrected chi connectivity index (χ1v) is 8.49. The lowest BCUT2D eigenvalue weighted by Gasteiger charge is -2.34. The number of anilines is 2. The highest BCUT2D eigenvalue weighted by Crippen LogP contribution is 2.32. The number of nitrogens with zero attached hydrogens (tertiary/aromatic N) is 3. The number of aliphatic hydroxyl groups is 1. The van der Waals surface area contributed by atoms with Gasteiger partial charge in [-0.15, -0.1) is 11.3 Å². The van der Waals surface area contributed by atoms with Crippen molar-refractivity contribution in [1.29, 1.82) is 0 Å². The van der Waals surface area contributed by atoms with Crippen molar-refractivity contribution >= 4 is 33.3 Å². The Kier molecular flexibility index (Phi) is 4.26. The number of hydrogen-bond donors (Lipinski definition) is 2. The zero-order valence-corrected chi connectivity index (χ0v) is 13.4. The molecule has 5 nitrogen and oxygen atoms in total. The third-order valence-corrected chi connectivity index (χ3v) is 4.97. The van der Waals surface area contributed by atoms with E-state index < -0.39 is 0 Å². The van der Waals surface area contributed by atoms with Gasteiger partial charge in [0.2, 0.25) is 5.95 Å². The fourth-order valence-electron chi connectivity index (χ4n) is 2.91. The van der Waals surface area contributed by atoms with Crippen LogP contribution in [0, 0.1) is 5.92 Å². The second kappa shape index (κ2) is 6.15. The Labute approximate surface area is 129 Å². The van der Waals surface area contributed by atoms with Crippen molar-refractivity contribution in [3.05, 3.63) is 11.4 Å². The second-order valence-corrected chi connectivity index (χ2v) is 6.50. The number of fused-ring (bicyclic) bond motifs is 1. The highest BCUT2D eigenvalue weighted by molar-refractivity contribution is 7.16. The van der Waals surface area contributed by atoms with E-state index in [2.05, 4.69) is 33.6 Å². The predicted octanol–water partition coefficient (Wildman–Crippen LogP) is 2.72. The van der Waals surface area contributed by atoms with Crippen molar-refractivity contribution in [2.24, 2.45) is 5.92 Å². The summed E-state index contributed by atoms with van der Waals surface area (Å²) < 4.78 is 0. The van der Waals surface area contributed by atoms with E-state index in [9.17, 15) is 5.11 Å². The van der Waals surface area contributed by atoms with Crippen LogP contribution >= 0.6 is 11.3 Å². The Morgan fingerprint density at radius 1 is 1.43 bits per heavy atom. The molecule has 1 saturated heterocycles. The van der Waals surface area contributed by atoms with Gasteiger partial charge in [0.05, 0.1) is 11.5 Å². The average molecular weight is 306 g/mol. The van der Waals surface area contributed by atoms with Crippen LogP contribution in [0.2, 0.25) is 0 Å². The molecule has 1 atom stereocenters. The van der Waals surface area contributed by atoms with Crippen LogP contribution in [0.4, 0.5) is 11.8 Å². The number of piperidine rings is 1. The molecule has 0 spiro atoms. The molecule has 0 radical (unpaired) electrons. The first-order valence-electron chi connectivity index (χ1n) is 7.61. The van der Waals surface area contributed by atoms with E-state index in [1.165, 1.54) is 0 Å². The quantitative estimate of drug-likeness (QED) is 0.909. The summed E-state index contributed by atoms with van der Waals surface area (Å²) in [5.74, 6) is 2.15. The topological polar surface area (TPSA) is 61.3 Å². The van der Waals surface area contributed by atoms with Crippen molar-refractivity contribution in [2.75, 3.05) is 29.9 Å². The molecule has 1 fully saturated rings. The average Bonchev–Trinajstić information content (AvgIpc) is 2.95. The number of nitrogens with one attached hydrogen (secondary N) is 1. The molecule has 3 heterocycles. The third-order valence-electron chi connectivity index (χ3n) is 4.16. The van der Waals surface area contributed by atoms with Gasteiger partial charge in [-0.3, -0.25) is 0 Å². The van der Waals surface area contributed by atoms with Gasteiger partial charge in [-0.1, -0.05) is 0 Å². The van der Waals surface area contributed by atoms with E-state index in [0.29, 0.717) is 11.9 Å². The van der Waals surface area contributed by atoms with Gasteiger partial charge in [-0.2, -0.15) is 4.98 Å². The molecule has 0 amide bonds. The van der Waals surface area contributed by atoms with E-state index >= 15 is 0 Å². The summed E-state index contributed by atoms with van der Waals surface area (Å²) in [7, 11) is 0. The Bertz CT molecular complexity index is 605. The fraction of sp³-hybridized carbons (Fsp3) is 0.600. The molecule has 1 aliphatic rings. The molecular formula is C15H22N4OS. The summed E-state index contributed by atoms with van der Waals surface area (Å²) >= 11 is 1.65. The van der Waals surface area contributed by atoms with E-state index in [-0.39, 0.29) is 6.10 Å². The van der Waals surface area contributed by atoms with Crippen LogP contribution in [0.15, 0.2) is 11.4 Å². The predicted molar refractivity (Wildman–Crippen MR) is 88.2 cm³/mol. The lowest BCUT2D eigenvalue weighted by atomic mass is 9.92. The maximum atomic E-state index is 9.73. The van der Waals surface area contributed by atoms with Crippen LogP contribution in [0.3, 0.4) is 0 Å². The van der Waals surface area contributed by atoms with Crippen LogP contribution in [0.25, 0.3) is 10.2 Å². The minimum atomic E-state index is -0.212. The molecule has 3 rings (SSSR count). The van der Waals surface area contributed by atoms with Crippen LogP contribution in [-0.4, -0.2) is 40.8 Å². The molecule has 114 valence electrons. The van der Waals surface area contributed by atoms with Crippen LogP contribution in [0.1, 0.15) is 26.7 Å². The number of aliphatic hydroxyl groups excluding tert-OH is 1. The van der Waals surface area contributed by atoms with Gasteiger partial charge in [-0.25, -0.2) is 4.98 Å². The Hall–Kier alpha value is -1.40. The molecular weight excluding hydrogens is 284 g/mol. The molecule has 6 heteroatoms. The minimum Gasteiger partial charge on any atom is -0.393 e. The van der Waals surface area contributed by atoms with E-state index in [1.807, 2.05) is 6.92 Å². The lowest BCUT2D eigenvalue weighted by molar-refractivity contribution is 0.110. The number of hydrogen-bond acceptors (Lipinski definition) is 6. The van der Waals surface area contributed by atoms with Crippen molar-refractivity contribution in [3.8, 4) is 0 Å². The first-order chi connectivity index (χ1) is 10.2. The van der Waals surface area contributed by atoms with Crippen LogP contribution in [0.5, 0.6) is 0 Å². The zero-order chi connectivity index (χ0) is 14.8. The van der Waals surface area contributed by atoms with Gasteiger partial charge in [0.25, 0.3) is 0 Å². The van der Waals surface area contributed by atoms with Crippen molar-refractivity contribution in [1.82, 2.24) is 9.97 Å². The van der Waals surface area contributed by atoms with Gasteiger partial charge < -0.3 is 15.3 Å². The molecule has 1 unspecified atom stereocenters. The fourth-order valence-corrected chi connectivity index (χ4v) is 3.67. The molecule has 2 N–H and O–H groups in total. The summed E-state index contributed by atoms with van der Waals surface area (Å²) in [6, 6.07) is 2.10. The highest BCUT2D eigenvalue weighted by Gasteiger charge is 2.25. The molecule has 0 saturated carbocycles. The van der Waals surface area contributed by atoms with Gasteiger partial charge in [0.1, 0.15) is 10.6 Å². The van der Waals surface area contributed by atoms with Crippen LogP contribution < -0.4 is 10.2 Å². The summed E-state index contributed by atoms with van der Waals surface area (Å²) in [5, 5.41) is 16.2.